The van der Waals surface area contributed by atoms with Crippen LogP contribution in [0.4, 0.5) is 5.82 Å². The van der Waals surface area contributed by atoms with E-state index < -0.39 is 0 Å². The van der Waals surface area contributed by atoms with E-state index in [0.29, 0.717) is 11.4 Å². The number of hydrogen-bond donors (Lipinski definition) is 2. The zero-order valence-corrected chi connectivity index (χ0v) is 17.2. The van der Waals surface area contributed by atoms with Gasteiger partial charge in [-0.3, -0.25) is 9.89 Å². The molecule has 146 valence electrons. The van der Waals surface area contributed by atoms with E-state index >= 15 is 0 Å². The summed E-state index contributed by atoms with van der Waals surface area (Å²) in [5.41, 5.74) is 5.86. The van der Waals surface area contributed by atoms with Gasteiger partial charge in [-0.05, 0) is 29.5 Å². The Labute approximate surface area is 175 Å². The Morgan fingerprint density at radius 2 is 1.76 bits per heavy atom. The van der Waals surface area contributed by atoms with Gasteiger partial charge in [-0.1, -0.05) is 67.9 Å². The van der Waals surface area contributed by atoms with Gasteiger partial charge in [-0.25, -0.2) is 0 Å². The highest BCUT2D eigenvalue weighted by Gasteiger charge is 2.42. The van der Waals surface area contributed by atoms with E-state index in [-0.39, 0.29) is 17.1 Å². The Morgan fingerprint density at radius 1 is 1.03 bits per heavy atom. The monoisotopic (exact) mass is 403 g/mol. The van der Waals surface area contributed by atoms with Crippen LogP contribution >= 0.6 is 11.6 Å². The molecule has 0 unspecified atom stereocenters. The Balaban J connectivity index is 1.73. The number of H-pyrrole nitrogens is 1. The number of rotatable bonds is 2. The van der Waals surface area contributed by atoms with Crippen LogP contribution in [0.5, 0.6) is 0 Å². The van der Waals surface area contributed by atoms with Gasteiger partial charge >= 0.3 is 0 Å². The second-order valence-electron chi connectivity index (χ2n) is 8.67. The second kappa shape index (κ2) is 6.60. The summed E-state index contributed by atoms with van der Waals surface area (Å²) in [4.78, 5) is 13.3. The van der Waals surface area contributed by atoms with E-state index in [9.17, 15) is 4.79 Å². The van der Waals surface area contributed by atoms with E-state index in [0.717, 1.165) is 45.9 Å². The summed E-state index contributed by atoms with van der Waals surface area (Å²) in [7, 11) is 0. The minimum atomic E-state index is -0.143. The minimum Gasteiger partial charge on any atom is -0.342 e. The van der Waals surface area contributed by atoms with Crippen LogP contribution in [0.1, 0.15) is 43.7 Å². The number of ketones is 1. The molecule has 0 saturated carbocycles. The number of allylic oxidation sites excluding steroid dienone is 2. The maximum absolute atomic E-state index is 13.3. The number of nitrogens with zero attached hydrogens (tertiary/aromatic N) is 1. The molecule has 0 spiro atoms. The highest BCUT2D eigenvalue weighted by molar-refractivity contribution is 6.30. The molecule has 3 aromatic rings. The molecule has 2 aliphatic rings. The van der Waals surface area contributed by atoms with Crippen molar-refractivity contribution in [3.05, 3.63) is 82.0 Å². The lowest BCUT2D eigenvalue weighted by Crippen LogP contribution is -2.33. The van der Waals surface area contributed by atoms with Crippen LogP contribution in [0.15, 0.2) is 65.9 Å². The van der Waals surface area contributed by atoms with E-state index in [4.69, 9.17) is 11.6 Å². The molecule has 5 rings (SSSR count). The van der Waals surface area contributed by atoms with Gasteiger partial charge in [0.1, 0.15) is 0 Å². The van der Waals surface area contributed by atoms with Crippen molar-refractivity contribution in [3.63, 3.8) is 0 Å². The summed E-state index contributed by atoms with van der Waals surface area (Å²) in [5, 5.41) is 11.9. The SMILES string of the molecule is CC1(C)CC(=O)C2=C(C1)Nc1n[nH]c(-c3ccc(Cl)cc3)c1[C@@H]2c1ccccc1. The van der Waals surface area contributed by atoms with Gasteiger partial charge < -0.3 is 5.32 Å². The van der Waals surface area contributed by atoms with Crippen LogP contribution in [0.3, 0.4) is 0 Å². The number of halogens is 1. The number of aromatic amines is 1. The lowest BCUT2D eigenvalue weighted by atomic mass is 9.69. The smallest absolute Gasteiger partial charge is 0.162 e. The number of benzene rings is 2. The van der Waals surface area contributed by atoms with Crippen LogP contribution in [-0.4, -0.2) is 16.0 Å². The first-order valence-corrected chi connectivity index (χ1v) is 10.2. The average molecular weight is 404 g/mol. The van der Waals surface area contributed by atoms with Crippen molar-refractivity contribution in [3.8, 4) is 11.3 Å². The van der Waals surface area contributed by atoms with Crippen LogP contribution in [0, 0.1) is 5.41 Å². The maximum atomic E-state index is 13.3. The standard InChI is InChI=1S/C24H22ClN3O/c1-24(2)12-17-20(18(29)13-24)19(14-6-4-3-5-7-14)21-22(27-28-23(21)26-17)15-8-10-16(25)11-9-15/h3-11,19H,12-13H2,1-2H3,(H2,26,27,28)/t19-/m1/s1. The van der Waals surface area contributed by atoms with E-state index in [1.807, 2.05) is 42.5 Å². The molecule has 0 amide bonds. The fourth-order valence-corrected chi connectivity index (χ4v) is 4.74. The molecule has 1 aromatic heterocycles. The Morgan fingerprint density at radius 3 is 2.48 bits per heavy atom. The zero-order chi connectivity index (χ0) is 20.2. The summed E-state index contributed by atoms with van der Waals surface area (Å²) < 4.78 is 0. The molecule has 1 atom stereocenters. The number of hydrogen-bond acceptors (Lipinski definition) is 3. The molecule has 1 aliphatic carbocycles. The van der Waals surface area contributed by atoms with Gasteiger partial charge in [-0.15, -0.1) is 0 Å². The van der Waals surface area contributed by atoms with Gasteiger partial charge in [0.2, 0.25) is 0 Å². The van der Waals surface area contributed by atoms with Crippen LogP contribution in [-0.2, 0) is 4.79 Å². The summed E-state index contributed by atoms with van der Waals surface area (Å²) in [6, 6.07) is 17.9. The van der Waals surface area contributed by atoms with Gasteiger partial charge in [-0.2, -0.15) is 5.10 Å². The molecule has 1 aliphatic heterocycles. The third kappa shape index (κ3) is 3.08. The molecule has 0 fully saturated rings. The van der Waals surface area contributed by atoms with E-state index in [1.165, 1.54) is 0 Å². The predicted octanol–water partition coefficient (Wildman–Crippen LogP) is 5.93. The lowest BCUT2D eigenvalue weighted by Gasteiger charge is -2.38. The maximum Gasteiger partial charge on any atom is 0.162 e. The second-order valence-corrected chi connectivity index (χ2v) is 9.11. The first-order chi connectivity index (χ1) is 13.9. The van der Waals surface area contributed by atoms with Crippen molar-refractivity contribution in [2.24, 2.45) is 5.41 Å². The first-order valence-electron chi connectivity index (χ1n) is 9.85. The van der Waals surface area contributed by atoms with Gasteiger partial charge in [0.15, 0.2) is 11.6 Å². The molecule has 5 heteroatoms. The van der Waals surface area contributed by atoms with Crippen LogP contribution in [0.25, 0.3) is 11.3 Å². The molecule has 2 heterocycles. The quantitative estimate of drug-likeness (QED) is 0.557. The van der Waals surface area contributed by atoms with Crippen molar-refractivity contribution < 1.29 is 4.79 Å². The van der Waals surface area contributed by atoms with Crippen LogP contribution < -0.4 is 5.32 Å². The lowest BCUT2D eigenvalue weighted by molar-refractivity contribution is -0.118. The number of anilines is 1. The highest BCUT2D eigenvalue weighted by Crippen LogP contribution is 2.50. The van der Waals surface area contributed by atoms with Gasteiger partial charge in [0, 0.05) is 39.8 Å². The number of carbonyl (C=O) groups excluding carboxylic acids is 1. The normalized spacial score (nSPS) is 20.1. The fraction of sp³-hybridized carbons (Fsp3) is 0.250. The molecule has 2 aromatic carbocycles. The average Bonchev–Trinajstić information content (AvgIpc) is 3.10. The highest BCUT2D eigenvalue weighted by atomic mass is 35.5. The minimum absolute atomic E-state index is 0.0586. The third-order valence-electron chi connectivity index (χ3n) is 5.84. The van der Waals surface area contributed by atoms with Crippen molar-refractivity contribution in [2.75, 3.05) is 5.32 Å². The molecule has 0 radical (unpaired) electrons. The van der Waals surface area contributed by atoms with Gasteiger partial charge in [0.05, 0.1) is 5.69 Å². The molecule has 29 heavy (non-hydrogen) atoms. The summed E-state index contributed by atoms with van der Waals surface area (Å²) in [5.74, 6) is 0.870. The molecular formula is C24H22ClN3O. The summed E-state index contributed by atoms with van der Waals surface area (Å²) in [6.45, 7) is 4.29. The van der Waals surface area contributed by atoms with Crippen LogP contribution in [0.2, 0.25) is 5.02 Å². The predicted molar refractivity (Wildman–Crippen MR) is 116 cm³/mol. The van der Waals surface area contributed by atoms with E-state index in [1.54, 1.807) is 0 Å². The van der Waals surface area contributed by atoms with Crippen molar-refractivity contribution >= 4 is 23.2 Å². The number of nitrogens with one attached hydrogen (secondary N) is 2. The summed E-state index contributed by atoms with van der Waals surface area (Å²) >= 11 is 6.09. The Hall–Kier alpha value is -2.85. The molecule has 0 saturated heterocycles. The number of aromatic nitrogens is 2. The topological polar surface area (TPSA) is 57.8 Å². The number of carbonyl (C=O) groups is 1. The molecule has 0 bridgehead atoms. The molecule has 2 N–H and O–H groups in total. The number of Topliss-reactive ketones (excluding diaryl/α,β-unsaturated/α-hetero) is 1. The number of fused-ring (bicyclic) bond motifs is 1. The van der Waals surface area contributed by atoms with E-state index in [2.05, 4.69) is 41.5 Å². The zero-order valence-electron chi connectivity index (χ0n) is 16.4. The first kappa shape index (κ1) is 18.2. The third-order valence-corrected chi connectivity index (χ3v) is 6.09. The Bertz CT molecular complexity index is 1130. The van der Waals surface area contributed by atoms with Crippen molar-refractivity contribution in [1.29, 1.82) is 0 Å². The molecular weight excluding hydrogens is 382 g/mol. The Kier molecular flexibility index (Phi) is 4.14. The summed E-state index contributed by atoms with van der Waals surface area (Å²) in [6.07, 6.45) is 1.39. The van der Waals surface area contributed by atoms with Crippen molar-refractivity contribution in [1.82, 2.24) is 10.2 Å². The fourth-order valence-electron chi connectivity index (χ4n) is 4.61. The molecule has 4 nitrogen and oxygen atoms in total. The van der Waals surface area contributed by atoms with Gasteiger partial charge in [0.25, 0.3) is 0 Å². The van der Waals surface area contributed by atoms with Crippen molar-refractivity contribution in [2.45, 2.75) is 32.6 Å². The largest absolute Gasteiger partial charge is 0.342 e.